The van der Waals surface area contributed by atoms with Crippen LogP contribution in [0.3, 0.4) is 0 Å². The van der Waals surface area contributed by atoms with E-state index in [1.165, 1.54) is 11.8 Å². The van der Waals surface area contributed by atoms with Gasteiger partial charge >= 0.3 is 0 Å². The van der Waals surface area contributed by atoms with Crippen LogP contribution in [0.15, 0.2) is 5.16 Å². The van der Waals surface area contributed by atoms with E-state index in [4.69, 9.17) is 9.47 Å². The minimum Gasteiger partial charge on any atom is -0.477 e. The van der Waals surface area contributed by atoms with Gasteiger partial charge in [0.25, 0.3) is 0 Å². The van der Waals surface area contributed by atoms with Crippen molar-refractivity contribution >= 4 is 17.6 Å². The van der Waals surface area contributed by atoms with Gasteiger partial charge in [-0.2, -0.15) is 10.2 Å². The molecule has 1 aliphatic heterocycles. The van der Waals surface area contributed by atoms with Crippen molar-refractivity contribution < 1.29 is 9.47 Å². The molecule has 0 radical (unpaired) electrons. The van der Waals surface area contributed by atoms with E-state index in [2.05, 4.69) is 16.0 Å². The summed E-state index contributed by atoms with van der Waals surface area (Å²) in [5.74, 6) is 1.01. The molecule has 0 unspecified atom stereocenters. The lowest BCUT2D eigenvalue weighted by Gasteiger charge is -2.28. The predicted molar refractivity (Wildman–Crippen MR) is 72.7 cm³/mol. The summed E-state index contributed by atoms with van der Waals surface area (Å²) >= 11 is 1.44. The van der Waals surface area contributed by atoms with E-state index in [1.54, 1.807) is 0 Å². The second-order valence-corrected chi connectivity index (χ2v) is 4.63. The Hall–Kier alpha value is -1.52. The number of nitriles is 1. The summed E-state index contributed by atoms with van der Waals surface area (Å²) in [6, 6.07) is 2.16. The SMILES string of the molecule is CCOc1nc(SC)nc(N2CCOCC2)c1C#N. The molecule has 0 saturated carbocycles. The number of rotatable bonds is 4. The van der Waals surface area contributed by atoms with Gasteiger partial charge in [-0.25, -0.2) is 4.98 Å². The van der Waals surface area contributed by atoms with Crippen LogP contribution in [0, 0.1) is 11.3 Å². The van der Waals surface area contributed by atoms with Gasteiger partial charge < -0.3 is 14.4 Å². The number of thioether (sulfide) groups is 1. The quantitative estimate of drug-likeness (QED) is 0.608. The molecule has 0 aromatic carbocycles. The predicted octanol–water partition coefficient (Wildman–Crippen LogP) is 1.31. The Bertz CT molecular complexity index is 483. The van der Waals surface area contributed by atoms with E-state index >= 15 is 0 Å². The highest BCUT2D eigenvalue weighted by molar-refractivity contribution is 7.98. The number of nitrogens with zero attached hydrogens (tertiary/aromatic N) is 4. The summed E-state index contributed by atoms with van der Waals surface area (Å²) in [6.07, 6.45) is 1.90. The van der Waals surface area contributed by atoms with Crippen molar-refractivity contribution in [3.8, 4) is 11.9 Å². The first-order chi connectivity index (χ1) is 9.30. The molecule has 1 aromatic heterocycles. The smallest absolute Gasteiger partial charge is 0.238 e. The Labute approximate surface area is 116 Å². The first-order valence-corrected chi connectivity index (χ1v) is 7.34. The monoisotopic (exact) mass is 280 g/mol. The van der Waals surface area contributed by atoms with E-state index in [0.29, 0.717) is 42.2 Å². The number of hydrogen-bond donors (Lipinski definition) is 0. The normalized spacial score (nSPS) is 15.1. The van der Waals surface area contributed by atoms with Crippen LogP contribution in [0.4, 0.5) is 5.82 Å². The Morgan fingerprint density at radius 2 is 2.16 bits per heavy atom. The number of anilines is 1. The molecule has 102 valence electrons. The summed E-state index contributed by atoms with van der Waals surface area (Å²) < 4.78 is 10.8. The van der Waals surface area contributed by atoms with Crippen LogP contribution in [0.25, 0.3) is 0 Å². The molecule has 2 rings (SSSR count). The molecule has 0 bridgehead atoms. The fourth-order valence-corrected chi connectivity index (χ4v) is 2.20. The minimum absolute atomic E-state index is 0.367. The van der Waals surface area contributed by atoms with Gasteiger partial charge in [-0.1, -0.05) is 11.8 Å². The maximum absolute atomic E-state index is 9.35. The van der Waals surface area contributed by atoms with Gasteiger partial charge in [0.2, 0.25) is 5.88 Å². The second kappa shape index (κ2) is 6.59. The lowest BCUT2D eigenvalue weighted by atomic mass is 10.3. The molecular formula is C12H16N4O2S. The molecule has 1 saturated heterocycles. The van der Waals surface area contributed by atoms with Gasteiger partial charge in [0.05, 0.1) is 19.8 Å². The molecule has 7 heteroatoms. The third-order valence-electron chi connectivity index (χ3n) is 2.72. The lowest BCUT2D eigenvalue weighted by molar-refractivity contribution is 0.122. The Balaban J connectivity index is 2.44. The summed E-state index contributed by atoms with van der Waals surface area (Å²) in [5.41, 5.74) is 0.404. The molecule has 0 N–H and O–H groups in total. The first-order valence-electron chi connectivity index (χ1n) is 6.11. The van der Waals surface area contributed by atoms with Crippen LogP contribution in [0.1, 0.15) is 12.5 Å². The fourth-order valence-electron chi connectivity index (χ4n) is 1.84. The second-order valence-electron chi connectivity index (χ2n) is 3.86. The Morgan fingerprint density at radius 1 is 1.42 bits per heavy atom. The van der Waals surface area contributed by atoms with Crippen LogP contribution in [0.5, 0.6) is 5.88 Å². The molecule has 1 aliphatic rings. The summed E-state index contributed by atoms with van der Waals surface area (Å²) in [6.45, 7) is 5.09. The molecule has 0 spiro atoms. The number of aromatic nitrogens is 2. The van der Waals surface area contributed by atoms with Gasteiger partial charge in [0, 0.05) is 13.1 Å². The Kier molecular flexibility index (Phi) is 4.82. The van der Waals surface area contributed by atoms with Crippen molar-refractivity contribution in [2.45, 2.75) is 12.1 Å². The summed E-state index contributed by atoms with van der Waals surface area (Å²) in [5, 5.41) is 9.96. The topological polar surface area (TPSA) is 71.3 Å². The molecule has 0 aliphatic carbocycles. The van der Waals surface area contributed by atoms with E-state index in [-0.39, 0.29) is 0 Å². The summed E-state index contributed by atoms with van der Waals surface area (Å²) in [4.78, 5) is 10.8. The lowest BCUT2D eigenvalue weighted by Crippen LogP contribution is -2.37. The van der Waals surface area contributed by atoms with Crippen molar-refractivity contribution in [1.82, 2.24) is 9.97 Å². The van der Waals surface area contributed by atoms with E-state index in [9.17, 15) is 5.26 Å². The molecule has 0 amide bonds. The van der Waals surface area contributed by atoms with Crippen LogP contribution >= 0.6 is 11.8 Å². The number of ether oxygens (including phenoxy) is 2. The summed E-state index contributed by atoms with van der Waals surface area (Å²) in [7, 11) is 0. The molecule has 1 fully saturated rings. The highest BCUT2D eigenvalue weighted by Gasteiger charge is 2.22. The van der Waals surface area contributed by atoms with Crippen LogP contribution in [0.2, 0.25) is 0 Å². The molecule has 6 nitrogen and oxygen atoms in total. The average molecular weight is 280 g/mol. The van der Waals surface area contributed by atoms with Crippen molar-refractivity contribution in [3.05, 3.63) is 5.56 Å². The number of morpholine rings is 1. The highest BCUT2D eigenvalue weighted by Crippen LogP contribution is 2.28. The van der Waals surface area contributed by atoms with Crippen LogP contribution in [-0.4, -0.2) is 49.1 Å². The van der Waals surface area contributed by atoms with Crippen molar-refractivity contribution in [2.24, 2.45) is 0 Å². The third kappa shape index (κ3) is 3.08. The zero-order valence-electron chi connectivity index (χ0n) is 11.0. The van der Waals surface area contributed by atoms with Gasteiger partial charge in [0.1, 0.15) is 6.07 Å². The first kappa shape index (κ1) is 13.9. The third-order valence-corrected chi connectivity index (χ3v) is 3.27. The van der Waals surface area contributed by atoms with Gasteiger partial charge in [0.15, 0.2) is 16.5 Å². The standard InChI is InChI=1S/C12H16N4O2S/c1-3-18-11-9(8-13)10(14-12(15-11)19-2)16-4-6-17-7-5-16/h3-7H2,1-2H3. The van der Waals surface area contributed by atoms with Crippen molar-refractivity contribution in [1.29, 1.82) is 5.26 Å². The largest absolute Gasteiger partial charge is 0.477 e. The van der Waals surface area contributed by atoms with Crippen LogP contribution < -0.4 is 9.64 Å². The van der Waals surface area contributed by atoms with E-state index in [1.807, 2.05) is 18.1 Å². The fraction of sp³-hybridized carbons (Fsp3) is 0.583. The highest BCUT2D eigenvalue weighted by atomic mass is 32.2. The molecule has 19 heavy (non-hydrogen) atoms. The maximum atomic E-state index is 9.35. The van der Waals surface area contributed by atoms with Crippen molar-refractivity contribution in [3.63, 3.8) is 0 Å². The molecular weight excluding hydrogens is 264 g/mol. The Morgan fingerprint density at radius 3 is 2.74 bits per heavy atom. The zero-order chi connectivity index (χ0) is 13.7. The molecule has 0 atom stereocenters. The van der Waals surface area contributed by atoms with E-state index < -0.39 is 0 Å². The average Bonchev–Trinajstić information content (AvgIpc) is 2.47. The van der Waals surface area contributed by atoms with E-state index in [0.717, 1.165) is 13.1 Å². The minimum atomic E-state index is 0.367. The molecule has 1 aromatic rings. The maximum Gasteiger partial charge on any atom is 0.238 e. The number of hydrogen-bond acceptors (Lipinski definition) is 7. The van der Waals surface area contributed by atoms with Crippen LogP contribution in [-0.2, 0) is 4.74 Å². The van der Waals surface area contributed by atoms with Gasteiger partial charge in [-0.3, -0.25) is 0 Å². The van der Waals surface area contributed by atoms with Gasteiger partial charge in [-0.15, -0.1) is 0 Å². The van der Waals surface area contributed by atoms with Gasteiger partial charge in [-0.05, 0) is 13.2 Å². The molecule has 2 heterocycles. The van der Waals surface area contributed by atoms with Crippen molar-refractivity contribution in [2.75, 3.05) is 44.1 Å². The zero-order valence-corrected chi connectivity index (χ0v) is 11.9.